The van der Waals surface area contributed by atoms with Crippen LogP contribution in [0.4, 0.5) is 68.7 Å². The van der Waals surface area contributed by atoms with Crippen molar-refractivity contribution in [3.63, 3.8) is 0 Å². The number of nitrogens with two attached hydrogens (primary N) is 1. The number of nitrogens with one attached hydrogen (secondary N) is 6. The zero-order valence-electron chi connectivity index (χ0n) is 47.9. The van der Waals surface area contributed by atoms with Gasteiger partial charge in [-0.1, -0.05) is 28.6 Å². The Kier molecular flexibility index (Phi) is 25.0. The molecule has 8 rings (SSSR count). The smallest absolute Gasteiger partial charge is 0.353 e. The van der Waals surface area contributed by atoms with E-state index in [4.69, 9.17) is 43.3 Å². The lowest BCUT2D eigenvalue weighted by Crippen LogP contribution is -2.19. The minimum Gasteiger partial charge on any atom is -0.353 e. The summed E-state index contributed by atoms with van der Waals surface area (Å²) in [6, 6.07) is 17.0. The predicted octanol–water partition coefficient (Wildman–Crippen LogP) is 6.35. The molecular weight excluding hydrogens is 1520 g/mol. The van der Waals surface area contributed by atoms with Gasteiger partial charge in [-0.25, -0.2) is 35.3 Å². The van der Waals surface area contributed by atoms with Gasteiger partial charge in [0.25, 0.3) is 20.2 Å². The number of fused-ring (bicyclic) bond motifs is 1. The standard InChI is InChI=1S/C46H44Cl2N18O22S9/c47-37-56-40(60-42(58-37)52-25-1-6-29(7-2-25)92(69,70)17-13-85-96(79,80)81)50-11-15-89-45-62-44(63-46(64-45)90-16-12-51-41-57-38(48)59-43(61-41)53-26-3-8-30(9-4-26)93(71,72)18-14-86-97(82,83)84)54-27-5-10-32(33(21-27)55-39(49)67)65-66-34-23-31-24(20-36(34)95(76,77)78)19-28(91-88-87-68)22-35(31)94(73,74)75/h1-10,19-23,68H,11-18H2,(H3,49,55,67)(H,73,74,75)(H,76,77,78)(H,79,80,81)(H,82,83,84)(H,54,62,63,64)(H2,50,52,56,58,60)(H2,51,53,57,59,61)/b66-65+. The van der Waals surface area contributed by atoms with Crippen LogP contribution in [0.2, 0.25) is 10.6 Å². The van der Waals surface area contributed by atoms with E-state index < -0.39 is 107 Å². The number of benzene rings is 5. The van der Waals surface area contributed by atoms with Gasteiger partial charge in [0.15, 0.2) is 30.0 Å². The Morgan fingerprint density at radius 2 is 0.979 bits per heavy atom. The number of carbonyl (C=O) groups excluding carboxylic acids is 1. The van der Waals surface area contributed by atoms with Crippen molar-refractivity contribution < 1.29 is 96.5 Å². The molecule has 5 aromatic carbocycles. The molecule has 0 spiro atoms. The molecule has 0 saturated heterocycles. The number of azo groups is 1. The van der Waals surface area contributed by atoms with Gasteiger partial charge in [-0.15, -0.1) is 14.6 Å². The van der Waals surface area contributed by atoms with Crippen molar-refractivity contribution in [3.05, 3.63) is 102 Å². The van der Waals surface area contributed by atoms with E-state index in [9.17, 15) is 64.4 Å². The molecule has 8 aromatic rings. The maximum absolute atomic E-state index is 12.7. The lowest BCUT2D eigenvalue weighted by Gasteiger charge is -2.12. The number of nitrogens with zero attached hydrogens (tertiary/aromatic N) is 11. The highest BCUT2D eigenvalue weighted by atomic mass is 35.5. The Morgan fingerprint density at radius 3 is 1.44 bits per heavy atom. The second-order valence-electron chi connectivity index (χ2n) is 18.4. The van der Waals surface area contributed by atoms with Gasteiger partial charge in [0, 0.05) is 51.9 Å². The number of hydrogen-bond donors (Lipinski definition) is 12. The number of thioether (sulfide) groups is 2. The Morgan fingerprint density at radius 1 is 0.526 bits per heavy atom. The molecule has 51 heteroatoms. The molecule has 0 aliphatic heterocycles. The molecule has 518 valence electrons. The van der Waals surface area contributed by atoms with E-state index in [1.165, 1.54) is 72.8 Å². The number of urea groups is 1. The lowest BCUT2D eigenvalue weighted by molar-refractivity contribution is -0.432. The summed E-state index contributed by atoms with van der Waals surface area (Å²) in [4.78, 5) is 48.7. The average molecular weight is 1560 g/mol. The summed E-state index contributed by atoms with van der Waals surface area (Å²) in [5.74, 6) is -1.27. The zero-order valence-corrected chi connectivity index (χ0v) is 56.8. The number of anilines is 9. The molecule has 40 nitrogen and oxygen atoms in total. The van der Waals surface area contributed by atoms with E-state index in [1.54, 1.807) is 0 Å². The number of primary amides is 1. The monoisotopic (exact) mass is 1560 g/mol. The first-order valence-corrected chi connectivity index (χ1v) is 38.3. The van der Waals surface area contributed by atoms with E-state index in [2.05, 4.69) is 105 Å². The van der Waals surface area contributed by atoms with E-state index in [1.807, 2.05) is 0 Å². The first-order chi connectivity index (χ1) is 45.6. The molecule has 97 heavy (non-hydrogen) atoms. The van der Waals surface area contributed by atoms with Gasteiger partial charge in [-0.3, -0.25) is 18.2 Å². The van der Waals surface area contributed by atoms with E-state index in [0.29, 0.717) is 11.4 Å². The van der Waals surface area contributed by atoms with Crippen molar-refractivity contribution in [3.8, 4) is 0 Å². The van der Waals surface area contributed by atoms with Gasteiger partial charge in [0.1, 0.15) is 21.2 Å². The highest BCUT2D eigenvalue weighted by Crippen LogP contribution is 2.39. The molecule has 0 fully saturated rings. The SMILES string of the molecule is NC(=O)Nc1cc(Nc2nc(SCCNc3nc(Cl)nc(Nc4ccc(S(=O)(=O)CCOS(=O)(=O)O)cc4)n3)nc(SCCNc3nc(Cl)nc(Nc4ccc(S(=O)(=O)CCOS(=O)(=O)O)cc4)n3)n2)ccc1/N=N/c1cc2c(S(=O)(=O)O)cc(SOOO)cc2cc1S(=O)(=O)O. The van der Waals surface area contributed by atoms with Crippen LogP contribution in [0.5, 0.6) is 0 Å². The average Bonchev–Trinajstić information content (AvgIpc) is 0.754. The van der Waals surface area contributed by atoms with Crippen molar-refractivity contribution in [2.45, 2.75) is 34.8 Å². The number of carbonyl (C=O) groups is 1. The fourth-order valence-electron chi connectivity index (χ4n) is 7.68. The zero-order chi connectivity index (χ0) is 70.5. The van der Waals surface area contributed by atoms with Gasteiger partial charge in [-0.05, 0) is 120 Å². The van der Waals surface area contributed by atoms with E-state index in [-0.39, 0.29) is 130 Å². The molecule has 3 aromatic heterocycles. The topological polar surface area (TPSA) is 599 Å². The molecule has 0 radical (unpaired) electrons. The van der Waals surface area contributed by atoms with Crippen molar-refractivity contribution in [2.24, 2.45) is 16.0 Å². The third kappa shape index (κ3) is 23.2. The fourth-order valence-corrected chi connectivity index (χ4v) is 14.3. The van der Waals surface area contributed by atoms with E-state index in [0.717, 1.165) is 41.7 Å². The third-order valence-corrected chi connectivity index (χ3v) is 20.3. The summed E-state index contributed by atoms with van der Waals surface area (Å²) < 4.78 is 195. The van der Waals surface area contributed by atoms with Crippen LogP contribution in [0.15, 0.2) is 136 Å². The number of halogens is 2. The van der Waals surface area contributed by atoms with Crippen LogP contribution >= 0.6 is 58.8 Å². The Balaban J connectivity index is 1.00. The van der Waals surface area contributed by atoms with Crippen LogP contribution in [0.3, 0.4) is 0 Å². The largest absolute Gasteiger partial charge is 0.397 e. The van der Waals surface area contributed by atoms with Gasteiger partial charge in [0.05, 0.1) is 52.2 Å². The Labute approximate surface area is 570 Å². The number of rotatable bonds is 34. The maximum atomic E-state index is 12.7. The number of sulfone groups is 2. The lowest BCUT2D eigenvalue weighted by atomic mass is 10.1. The van der Waals surface area contributed by atoms with Crippen LogP contribution < -0.4 is 37.6 Å². The van der Waals surface area contributed by atoms with Crippen LogP contribution in [0.1, 0.15) is 0 Å². The molecule has 0 bridgehead atoms. The molecule has 3 heterocycles. The van der Waals surface area contributed by atoms with Crippen molar-refractivity contribution in [1.82, 2.24) is 44.9 Å². The van der Waals surface area contributed by atoms with Gasteiger partial charge < -0.3 is 37.6 Å². The predicted molar refractivity (Wildman–Crippen MR) is 348 cm³/mol. The molecule has 0 saturated carbocycles. The molecule has 0 aliphatic carbocycles. The summed E-state index contributed by atoms with van der Waals surface area (Å²) in [6.45, 7) is -1.38. The summed E-state index contributed by atoms with van der Waals surface area (Å²) in [5, 5.41) is 36.5. The van der Waals surface area contributed by atoms with Crippen molar-refractivity contribution >= 4 is 200 Å². The van der Waals surface area contributed by atoms with Gasteiger partial charge >= 0.3 is 26.8 Å². The van der Waals surface area contributed by atoms with Crippen LogP contribution in [0, 0.1) is 0 Å². The second kappa shape index (κ2) is 32.3. The first-order valence-electron chi connectivity index (χ1n) is 25.9. The minimum atomic E-state index is -5.16. The summed E-state index contributed by atoms with van der Waals surface area (Å²) in [5.41, 5.74) is 5.29. The highest BCUT2D eigenvalue weighted by molar-refractivity contribution is 7.99. The fraction of sp³-hybridized carbons (Fsp3) is 0.174. The minimum absolute atomic E-state index is 0.000377. The quantitative estimate of drug-likeness (QED) is 0.00397. The van der Waals surface area contributed by atoms with Crippen molar-refractivity contribution in [2.75, 3.05) is 81.2 Å². The van der Waals surface area contributed by atoms with Crippen molar-refractivity contribution in [1.29, 1.82) is 0 Å². The molecular formula is C46H44Cl2N18O22S9. The highest BCUT2D eigenvalue weighted by Gasteiger charge is 2.25. The second-order valence-corrected chi connectivity index (χ2v) is 31.2. The molecule has 0 atom stereocenters. The number of amides is 2. The van der Waals surface area contributed by atoms with Crippen LogP contribution in [-0.2, 0) is 78.4 Å². The summed E-state index contributed by atoms with van der Waals surface area (Å²) >= 11 is 14.9. The molecule has 2 amide bonds. The maximum Gasteiger partial charge on any atom is 0.397 e. The van der Waals surface area contributed by atoms with Gasteiger partial charge in [0.2, 0.25) is 40.3 Å². The summed E-state index contributed by atoms with van der Waals surface area (Å²) in [6.07, 6.45) is 0. The molecule has 0 unspecified atom stereocenters. The third-order valence-electron chi connectivity index (χ3n) is 11.6. The summed E-state index contributed by atoms with van der Waals surface area (Å²) in [7, 11) is -28.0. The van der Waals surface area contributed by atoms with Crippen LogP contribution in [-0.4, -0.2) is 174 Å². The molecule has 0 aliphatic rings. The number of aromatic nitrogens is 9. The molecule has 13 N–H and O–H groups in total. The first kappa shape index (κ1) is 75.0. The van der Waals surface area contributed by atoms with E-state index >= 15 is 0 Å². The number of hydrogen-bond acceptors (Lipinski definition) is 37. The Hall–Kier alpha value is -7.77. The van der Waals surface area contributed by atoms with Gasteiger partial charge in [-0.2, -0.15) is 78.5 Å². The Bertz CT molecular complexity index is 4830. The van der Waals surface area contributed by atoms with Crippen LogP contribution in [0.25, 0.3) is 10.8 Å². The normalized spacial score (nSPS) is 12.4.